The number of ether oxygens (including phenoxy) is 3. The summed E-state index contributed by atoms with van der Waals surface area (Å²) in [5.41, 5.74) is 0. The Balaban J connectivity index is 4.54. The van der Waals surface area contributed by atoms with Gasteiger partial charge in [0.05, 0.1) is 26.4 Å². The molecule has 18 heteroatoms. The normalized spacial score (nSPS) is 14.7. The molecule has 0 aliphatic rings. The van der Waals surface area contributed by atoms with E-state index in [2.05, 4.69) is 81.5 Å². The summed E-state index contributed by atoms with van der Waals surface area (Å²) in [6.07, 6.45) is 61.3. The summed E-state index contributed by atoms with van der Waals surface area (Å²) in [6, 6.07) is 0. The van der Waals surface area contributed by atoms with E-state index in [4.69, 9.17) is 32.3 Å². The summed E-state index contributed by atoms with van der Waals surface area (Å²) in [7, 11) is -9.76. The molecule has 0 aromatic rings. The molecule has 0 saturated carbocycles. The quantitative estimate of drug-likeness (QED) is 0.0146. The van der Waals surface area contributed by atoms with Crippen LogP contribution < -0.4 is 0 Å². The Bertz CT molecular complexity index is 1800. The molecule has 16 nitrogen and oxygen atoms in total. The summed E-state index contributed by atoms with van der Waals surface area (Å²) in [6.45, 7) is 2.62. The molecule has 0 aromatic heterocycles. The smallest absolute Gasteiger partial charge is 0.463 e. The van der Waals surface area contributed by atoms with Gasteiger partial charge in [0.15, 0.2) is 6.10 Å². The van der Waals surface area contributed by atoms with Crippen molar-refractivity contribution in [1.29, 1.82) is 0 Å². The van der Waals surface area contributed by atoms with Crippen molar-refractivity contribution < 1.29 is 75.8 Å². The van der Waals surface area contributed by atoms with Crippen LogP contribution in [0.4, 0.5) is 0 Å². The molecule has 0 saturated heterocycles. The average Bonchev–Trinajstić information content (AvgIpc) is 3.51. The first-order chi connectivity index (χ1) is 41.2. The highest BCUT2D eigenvalue weighted by Crippen LogP contribution is 2.45. The van der Waals surface area contributed by atoms with Gasteiger partial charge in [0.25, 0.3) is 0 Å². The lowest BCUT2D eigenvalue weighted by Gasteiger charge is -2.21. The van der Waals surface area contributed by atoms with Gasteiger partial charge >= 0.3 is 33.6 Å². The molecular weight excluding hydrogens is 1120 g/mol. The van der Waals surface area contributed by atoms with Gasteiger partial charge in [0.2, 0.25) is 0 Å². The van der Waals surface area contributed by atoms with Gasteiger partial charge in [-0.2, -0.15) is 0 Å². The highest BCUT2D eigenvalue weighted by molar-refractivity contribution is 7.47. The number of carbonyl (C=O) groups excluding carboxylic acids is 3. The lowest BCUT2D eigenvalue weighted by molar-refractivity contribution is -0.161. The SMILES string of the molecule is CCCCC/C=C\C/C=C\C/C=C\C/C=C\CCCCCCCCCC(=O)OCC(O)COP(=O)(O)OCC(O)COP(=O)(O)OCC(COC(=O)CCCCCCC/C=C\CCCCCC)OC(=O)CCCCCCCCCCCCCCC. The molecule has 0 bridgehead atoms. The Labute approximate surface area is 516 Å². The summed E-state index contributed by atoms with van der Waals surface area (Å²) in [4.78, 5) is 58.2. The van der Waals surface area contributed by atoms with Crippen LogP contribution in [0.25, 0.3) is 0 Å². The molecule has 496 valence electrons. The van der Waals surface area contributed by atoms with Gasteiger partial charge in [-0.05, 0) is 89.9 Å². The van der Waals surface area contributed by atoms with Crippen LogP contribution in [0.1, 0.15) is 290 Å². The van der Waals surface area contributed by atoms with Crippen LogP contribution in [0.5, 0.6) is 0 Å². The second kappa shape index (κ2) is 61.5. The molecule has 85 heavy (non-hydrogen) atoms. The Hall–Kier alpha value is -2.75. The van der Waals surface area contributed by atoms with Crippen molar-refractivity contribution >= 4 is 33.6 Å². The first kappa shape index (κ1) is 82.2. The number of hydrogen-bond acceptors (Lipinski definition) is 14. The van der Waals surface area contributed by atoms with E-state index in [-0.39, 0.29) is 19.3 Å². The predicted molar refractivity (Wildman–Crippen MR) is 344 cm³/mol. The Morgan fingerprint density at radius 1 is 0.329 bits per heavy atom. The zero-order valence-corrected chi connectivity index (χ0v) is 55.3. The summed E-state index contributed by atoms with van der Waals surface area (Å²) < 4.78 is 60.8. The molecule has 0 fully saturated rings. The number of aliphatic hydroxyl groups excluding tert-OH is 2. The summed E-state index contributed by atoms with van der Waals surface area (Å²) >= 11 is 0. The lowest BCUT2D eigenvalue weighted by Crippen LogP contribution is -2.30. The van der Waals surface area contributed by atoms with Crippen LogP contribution >= 0.6 is 15.6 Å². The number of allylic oxidation sites excluding steroid dienone is 10. The number of carbonyl (C=O) groups is 3. The molecule has 0 spiro atoms. The fraction of sp³-hybridized carbons (Fsp3) is 0.806. The zero-order valence-electron chi connectivity index (χ0n) is 53.5. The maximum absolute atomic E-state index is 12.9. The molecule has 5 atom stereocenters. The second-order valence-corrected chi connectivity index (χ2v) is 25.5. The topological polar surface area (TPSA) is 231 Å². The number of esters is 3. The summed E-state index contributed by atoms with van der Waals surface area (Å²) in [5, 5.41) is 20.5. The Morgan fingerprint density at radius 2 is 0.588 bits per heavy atom. The van der Waals surface area contributed by atoms with Crippen LogP contribution in [-0.4, -0.2) is 95.9 Å². The van der Waals surface area contributed by atoms with E-state index in [1.54, 1.807) is 0 Å². The van der Waals surface area contributed by atoms with Crippen LogP contribution in [0.2, 0.25) is 0 Å². The van der Waals surface area contributed by atoms with Gasteiger partial charge in [0.1, 0.15) is 25.4 Å². The largest absolute Gasteiger partial charge is 0.472 e. The average molecular weight is 1250 g/mol. The number of aliphatic hydroxyl groups is 2. The van der Waals surface area contributed by atoms with E-state index in [1.165, 1.54) is 103 Å². The van der Waals surface area contributed by atoms with Gasteiger partial charge in [0, 0.05) is 19.3 Å². The van der Waals surface area contributed by atoms with Crippen LogP contribution in [0.3, 0.4) is 0 Å². The third-order valence-electron chi connectivity index (χ3n) is 14.2. The molecule has 0 rings (SSSR count). The molecule has 0 aliphatic heterocycles. The first-order valence-electron chi connectivity index (χ1n) is 33.6. The highest BCUT2D eigenvalue weighted by Gasteiger charge is 2.29. The minimum absolute atomic E-state index is 0.109. The van der Waals surface area contributed by atoms with E-state index >= 15 is 0 Å². The van der Waals surface area contributed by atoms with Gasteiger partial charge < -0.3 is 34.2 Å². The van der Waals surface area contributed by atoms with Crippen LogP contribution in [0.15, 0.2) is 60.8 Å². The maximum atomic E-state index is 12.9. The molecule has 0 aliphatic carbocycles. The summed E-state index contributed by atoms with van der Waals surface area (Å²) in [5.74, 6) is -1.58. The lowest BCUT2D eigenvalue weighted by atomic mass is 10.0. The van der Waals surface area contributed by atoms with E-state index in [1.807, 2.05) is 0 Å². The van der Waals surface area contributed by atoms with Crippen molar-refractivity contribution in [2.45, 2.75) is 309 Å². The number of unbranched alkanes of at least 4 members (excludes halogenated alkanes) is 31. The minimum atomic E-state index is -4.91. The fourth-order valence-corrected chi connectivity index (χ4v) is 10.6. The van der Waals surface area contributed by atoms with Gasteiger partial charge in [-0.15, -0.1) is 0 Å². The minimum Gasteiger partial charge on any atom is -0.463 e. The molecule has 5 unspecified atom stereocenters. The second-order valence-electron chi connectivity index (χ2n) is 22.6. The molecule has 0 amide bonds. The monoisotopic (exact) mass is 1240 g/mol. The number of rotatable bonds is 64. The number of hydrogen-bond donors (Lipinski definition) is 4. The van der Waals surface area contributed by atoms with Gasteiger partial charge in [-0.3, -0.25) is 32.5 Å². The van der Waals surface area contributed by atoms with Crippen molar-refractivity contribution in [3.63, 3.8) is 0 Å². The first-order valence-corrected chi connectivity index (χ1v) is 36.6. The number of phosphoric acid groups is 2. The highest BCUT2D eigenvalue weighted by atomic mass is 31.2. The van der Waals surface area contributed by atoms with Gasteiger partial charge in [-0.1, -0.05) is 242 Å². The van der Waals surface area contributed by atoms with E-state index in [9.17, 15) is 43.5 Å². The fourth-order valence-electron chi connectivity index (χ4n) is 9.02. The number of phosphoric ester groups is 2. The molecule has 0 radical (unpaired) electrons. The van der Waals surface area contributed by atoms with Crippen molar-refractivity contribution in [1.82, 2.24) is 0 Å². The van der Waals surface area contributed by atoms with Gasteiger partial charge in [-0.25, -0.2) is 9.13 Å². The Morgan fingerprint density at radius 3 is 0.976 bits per heavy atom. The van der Waals surface area contributed by atoms with Crippen molar-refractivity contribution in [3.05, 3.63) is 60.8 Å². The molecular formula is C67H122O16P2. The maximum Gasteiger partial charge on any atom is 0.472 e. The zero-order chi connectivity index (χ0) is 62.4. The third-order valence-corrected chi connectivity index (χ3v) is 16.1. The predicted octanol–water partition coefficient (Wildman–Crippen LogP) is 18.2. The molecule has 0 aromatic carbocycles. The van der Waals surface area contributed by atoms with Crippen molar-refractivity contribution in [3.8, 4) is 0 Å². The van der Waals surface area contributed by atoms with E-state index in [0.29, 0.717) is 19.3 Å². The van der Waals surface area contributed by atoms with Crippen molar-refractivity contribution in [2.24, 2.45) is 0 Å². The van der Waals surface area contributed by atoms with Crippen LogP contribution in [0, 0.1) is 0 Å². The van der Waals surface area contributed by atoms with Crippen molar-refractivity contribution in [2.75, 3.05) is 39.6 Å². The third kappa shape index (κ3) is 62.7. The standard InChI is InChI=1S/C67H122O16P2/c1-4-7-10-13-16-19-22-25-26-27-28-29-30-31-32-33-34-37-39-41-44-47-50-53-65(70)77-56-62(68)57-79-84(73,74)80-58-63(69)59-81-85(75,76)82-61-64(83-67(72)55-52-49-46-43-40-36-24-21-18-15-12-9-6-3)60-78-66(71)54-51-48-45-42-38-35-23-20-17-14-11-8-5-2/h16,19-20,23,25-26,28-29,31-32,62-64,68-69H,4-15,17-18,21-22,24,27,30,33-61H2,1-3H3,(H,73,74)(H,75,76)/b19-16-,23-20-,26-25-,29-28-,32-31-. The molecule has 0 heterocycles. The van der Waals surface area contributed by atoms with E-state index in [0.717, 1.165) is 128 Å². The Kier molecular flexibility index (Phi) is 59.5. The van der Waals surface area contributed by atoms with E-state index < -0.39 is 91.5 Å². The van der Waals surface area contributed by atoms with Crippen LogP contribution in [-0.2, 0) is 55.8 Å². The molecule has 4 N–H and O–H groups in total.